The molecule has 1 aromatic heterocycles. The van der Waals surface area contributed by atoms with Crippen molar-refractivity contribution in [2.24, 2.45) is 5.73 Å². The Hall–Kier alpha value is -4.24. The SMILES string of the molecule is COc1ccc(C2CCN(c3c(C)n(Cc4c(F)cccc4F)c(=O)n(C[C@@H](N)c4ccccc4)c3=O)C2)cc1. The fraction of sp³-hybridized carbons (Fsp3) is 0.290. The second-order valence-corrected chi connectivity index (χ2v) is 10.1. The summed E-state index contributed by atoms with van der Waals surface area (Å²) in [7, 11) is 1.62. The fourth-order valence-corrected chi connectivity index (χ4v) is 5.45. The van der Waals surface area contributed by atoms with E-state index in [1.54, 1.807) is 14.0 Å². The molecule has 0 saturated carbocycles. The Morgan fingerprint density at radius 3 is 2.27 bits per heavy atom. The minimum Gasteiger partial charge on any atom is -0.497 e. The van der Waals surface area contributed by atoms with Gasteiger partial charge in [-0.05, 0) is 48.7 Å². The second kappa shape index (κ2) is 11.5. The van der Waals surface area contributed by atoms with Gasteiger partial charge in [0.25, 0.3) is 5.56 Å². The molecule has 2 heterocycles. The van der Waals surface area contributed by atoms with Crippen LogP contribution < -0.4 is 26.6 Å². The molecule has 9 heteroatoms. The van der Waals surface area contributed by atoms with E-state index < -0.39 is 28.9 Å². The fourth-order valence-electron chi connectivity index (χ4n) is 5.45. The van der Waals surface area contributed by atoms with Crippen LogP contribution in [0.4, 0.5) is 14.5 Å². The normalized spacial score (nSPS) is 15.8. The van der Waals surface area contributed by atoms with Crippen molar-refractivity contribution in [2.75, 3.05) is 25.1 Å². The predicted octanol–water partition coefficient (Wildman–Crippen LogP) is 4.35. The van der Waals surface area contributed by atoms with E-state index in [-0.39, 0.29) is 24.6 Å². The number of hydrogen-bond acceptors (Lipinski definition) is 5. The summed E-state index contributed by atoms with van der Waals surface area (Å²) >= 11 is 0. The van der Waals surface area contributed by atoms with Crippen molar-refractivity contribution in [1.82, 2.24) is 9.13 Å². The first-order valence-electron chi connectivity index (χ1n) is 13.2. The number of nitrogens with zero attached hydrogens (tertiary/aromatic N) is 3. The van der Waals surface area contributed by atoms with Gasteiger partial charge in [0.1, 0.15) is 23.1 Å². The quantitative estimate of drug-likeness (QED) is 0.356. The predicted molar refractivity (Wildman–Crippen MR) is 151 cm³/mol. The topological polar surface area (TPSA) is 82.5 Å². The van der Waals surface area contributed by atoms with Crippen LogP contribution in [0.3, 0.4) is 0 Å². The van der Waals surface area contributed by atoms with Crippen LogP contribution in [0.2, 0.25) is 0 Å². The number of anilines is 1. The summed E-state index contributed by atoms with van der Waals surface area (Å²) in [5.74, 6) is -0.590. The third kappa shape index (κ3) is 5.29. The van der Waals surface area contributed by atoms with Gasteiger partial charge in [-0.15, -0.1) is 0 Å². The highest BCUT2D eigenvalue weighted by molar-refractivity contribution is 5.51. The Kier molecular flexibility index (Phi) is 7.84. The average Bonchev–Trinajstić information content (AvgIpc) is 3.45. The van der Waals surface area contributed by atoms with Crippen LogP contribution >= 0.6 is 0 Å². The van der Waals surface area contributed by atoms with Gasteiger partial charge in [-0.25, -0.2) is 13.6 Å². The van der Waals surface area contributed by atoms with Crippen LogP contribution in [0.5, 0.6) is 5.75 Å². The third-order valence-corrected chi connectivity index (χ3v) is 7.73. The summed E-state index contributed by atoms with van der Waals surface area (Å²) in [4.78, 5) is 29.6. The second-order valence-electron chi connectivity index (χ2n) is 10.1. The first-order chi connectivity index (χ1) is 19.3. The number of halogens is 2. The first kappa shape index (κ1) is 27.3. The van der Waals surface area contributed by atoms with Gasteiger partial charge in [0.2, 0.25) is 0 Å². The molecule has 2 atom stereocenters. The zero-order valence-corrected chi connectivity index (χ0v) is 22.5. The van der Waals surface area contributed by atoms with Crippen LogP contribution in [0, 0.1) is 18.6 Å². The lowest BCUT2D eigenvalue weighted by Gasteiger charge is -2.25. The lowest BCUT2D eigenvalue weighted by Crippen LogP contribution is -2.46. The van der Waals surface area contributed by atoms with E-state index in [0.717, 1.165) is 40.0 Å². The van der Waals surface area contributed by atoms with Crippen molar-refractivity contribution in [3.8, 4) is 5.75 Å². The Bertz CT molecular complexity index is 1600. The van der Waals surface area contributed by atoms with Crippen molar-refractivity contribution >= 4 is 5.69 Å². The molecular weight excluding hydrogens is 514 g/mol. The van der Waals surface area contributed by atoms with E-state index >= 15 is 0 Å². The number of nitrogens with two attached hydrogens (primary N) is 1. The van der Waals surface area contributed by atoms with Gasteiger partial charge in [0, 0.05) is 36.3 Å². The van der Waals surface area contributed by atoms with Crippen LogP contribution in [-0.2, 0) is 13.1 Å². The number of ether oxygens (including phenoxy) is 1. The van der Waals surface area contributed by atoms with Gasteiger partial charge in [-0.3, -0.25) is 13.9 Å². The molecule has 208 valence electrons. The number of benzene rings is 3. The molecule has 2 N–H and O–H groups in total. The summed E-state index contributed by atoms with van der Waals surface area (Å²) in [5.41, 5.74) is 7.65. The van der Waals surface area contributed by atoms with Crippen molar-refractivity contribution < 1.29 is 13.5 Å². The van der Waals surface area contributed by atoms with E-state index in [9.17, 15) is 18.4 Å². The van der Waals surface area contributed by atoms with Gasteiger partial charge in [0.15, 0.2) is 0 Å². The molecule has 1 aliphatic rings. The summed E-state index contributed by atoms with van der Waals surface area (Å²) in [5, 5.41) is 0. The minimum absolute atomic E-state index is 0.0789. The molecule has 0 spiro atoms. The van der Waals surface area contributed by atoms with Gasteiger partial charge in [-0.1, -0.05) is 48.5 Å². The Labute approximate surface area is 231 Å². The average molecular weight is 547 g/mol. The molecule has 0 radical (unpaired) electrons. The van der Waals surface area contributed by atoms with Crippen LogP contribution in [0.15, 0.2) is 82.4 Å². The lowest BCUT2D eigenvalue weighted by atomic mass is 9.98. The van der Waals surface area contributed by atoms with E-state index in [0.29, 0.717) is 24.5 Å². The van der Waals surface area contributed by atoms with Crippen LogP contribution in [0.25, 0.3) is 0 Å². The molecular formula is C31H32F2N4O3. The molecule has 1 unspecified atom stereocenters. The minimum atomic E-state index is -0.757. The van der Waals surface area contributed by atoms with E-state index in [4.69, 9.17) is 10.5 Å². The smallest absolute Gasteiger partial charge is 0.331 e. The molecule has 5 rings (SSSR count). The largest absolute Gasteiger partial charge is 0.497 e. The summed E-state index contributed by atoms with van der Waals surface area (Å²) < 4.78 is 36.9. The maximum Gasteiger partial charge on any atom is 0.331 e. The van der Waals surface area contributed by atoms with E-state index in [1.165, 1.54) is 10.6 Å². The highest BCUT2D eigenvalue weighted by Gasteiger charge is 2.30. The molecule has 40 heavy (non-hydrogen) atoms. The number of aromatic nitrogens is 2. The van der Waals surface area contributed by atoms with Gasteiger partial charge < -0.3 is 15.4 Å². The Morgan fingerprint density at radius 2 is 1.62 bits per heavy atom. The summed E-state index contributed by atoms with van der Waals surface area (Å²) in [6.45, 7) is 2.36. The zero-order valence-electron chi connectivity index (χ0n) is 22.5. The highest BCUT2D eigenvalue weighted by Crippen LogP contribution is 2.31. The van der Waals surface area contributed by atoms with Crippen molar-refractivity contribution in [2.45, 2.75) is 38.4 Å². The van der Waals surface area contributed by atoms with Crippen molar-refractivity contribution in [3.05, 3.63) is 128 Å². The molecule has 0 bridgehead atoms. The third-order valence-electron chi connectivity index (χ3n) is 7.73. The molecule has 0 amide bonds. The monoisotopic (exact) mass is 546 g/mol. The standard InChI is InChI=1S/C31H32F2N4O3/c1-20-29(35-16-15-23(17-35)21-11-13-24(40-2)14-12-21)30(38)37(19-28(34)22-7-4-3-5-8-22)31(39)36(20)18-25-26(32)9-6-10-27(25)33/h3-14,23,28H,15-19,34H2,1-2H3/t23?,28-/m1/s1. The molecule has 0 aliphatic carbocycles. The summed E-state index contributed by atoms with van der Waals surface area (Å²) in [6, 6.07) is 20.0. The molecule has 4 aromatic rings. The van der Waals surface area contributed by atoms with E-state index in [1.807, 2.05) is 59.5 Å². The molecule has 7 nitrogen and oxygen atoms in total. The maximum atomic E-state index is 14.6. The van der Waals surface area contributed by atoms with Crippen LogP contribution in [-0.4, -0.2) is 29.3 Å². The van der Waals surface area contributed by atoms with Crippen LogP contribution in [0.1, 0.15) is 40.8 Å². The molecule has 1 fully saturated rings. The maximum absolute atomic E-state index is 14.6. The number of methoxy groups -OCH3 is 1. The van der Waals surface area contributed by atoms with Crippen molar-refractivity contribution in [3.63, 3.8) is 0 Å². The molecule has 1 aliphatic heterocycles. The number of hydrogen-bond donors (Lipinski definition) is 1. The lowest BCUT2D eigenvalue weighted by molar-refractivity contribution is 0.414. The number of rotatable bonds is 8. The molecule has 3 aromatic carbocycles. The van der Waals surface area contributed by atoms with E-state index in [2.05, 4.69) is 0 Å². The zero-order chi connectivity index (χ0) is 28.4. The van der Waals surface area contributed by atoms with Crippen molar-refractivity contribution in [1.29, 1.82) is 0 Å². The Balaban J connectivity index is 1.57. The van der Waals surface area contributed by atoms with Gasteiger partial charge >= 0.3 is 5.69 Å². The Morgan fingerprint density at radius 1 is 0.950 bits per heavy atom. The first-order valence-corrected chi connectivity index (χ1v) is 13.2. The highest BCUT2D eigenvalue weighted by atomic mass is 19.1. The van der Waals surface area contributed by atoms with Gasteiger partial charge in [-0.2, -0.15) is 0 Å². The van der Waals surface area contributed by atoms with Gasteiger partial charge in [0.05, 0.1) is 20.2 Å². The molecule has 1 saturated heterocycles. The summed E-state index contributed by atoms with van der Waals surface area (Å²) in [6.07, 6.45) is 0.801.